The Labute approximate surface area is 125 Å². The molecular weight excluding hydrogens is 338 g/mol. The van der Waals surface area contributed by atoms with Crippen molar-refractivity contribution in [1.29, 1.82) is 0 Å². The van der Waals surface area contributed by atoms with Gasteiger partial charge in [-0.05, 0) is 19.8 Å². The third-order valence-corrected chi connectivity index (χ3v) is 4.50. The first-order valence-corrected chi connectivity index (χ1v) is 8.51. The number of aryl methyl sites for hydroxylation is 1. The van der Waals surface area contributed by atoms with Crippen molar-refractivity contribution < 1.29 is 27.6 Å². The van der Waals surface area contributed by atoms with Crippen LogP contribution in [0.4, 0.5) is 0 Å². The highest BCUT2D eigenvalue weighted by Gasteiger charge is 2.38. The molecule has 2 unspecified atom stereocenters. The molecule has 0 aliphatic carbocycles. The van der Waals surface area contributed by atoms with E-state index in [0.717, 1.165) is 0 Å². The SMILES string of the molecule is Cc1cn([C@H]2CC[C@@H](CO[P+](=O)O[P+](=O)O)O2)c(=O)[nH]c1=O. The van der Waals surface area contributed by atoms with E-state index in [9.17, 15) is 18.7 Å². The number of hydrogen-bond acceptors (Lipinski definition) is 7. The van der Waals surface area contributed by atoms with E-state index in [4.69, 9.17) is 14.2 Å². The maximum Gasteiger partial charge on any atom is 0.747 e. The smallest absolute Gasteiger partial charge is 0.352 e. The molecule has 0 radical (unpaired) electrons. The van der Waals surface area contributed by atoms with Gasteiger partial charge in [-0.2, -0.15) is 0 Å². The highest BCUT2D eigenvalue weighted by Crippen LogP contribution is 2.37. The number of rotatable bonds is 6. The Hall–Kier alpha value is -1.28. The van der Waals surface area contributed by atoms with Gasteiger partial charge in [0.25, 0.3) is 5.56 Å². The third kappa shape index (κ3) is 4.36. The minimum Gasteiger partial charge on any atom is -0.352 e. The van der Waals surface area contributed by atoms with Crippen molar-refractivity contribution in [1.82, 2.24) is 9.55 Å². The summed E-state index contributed by atoms with van der Waals surface area (Å²) < 4.78 is 37.1. The molecule has 1 fully saturated rings. The van der Waals surface area contributed by atoms with E-state index in [2.05, 4.69) is 9.29 Å². The van der Waals surface area contributed by atoms with Gasteiger partial charge in [-0.1, -0.05) is 0 Å². The van der Waals surface area contributed by atoms with Gasteiger partial charge in [-0.25, -0.2) is 4.79 Å². The predicted octanol–water partition coefficient (Wildman–Crippen LogP) is 0.863. The summed E-state index contributed by atoms with van der Waals surface area (Å²) in [7, 11) is -5.70. The molecule has 12 heteroatoms. The number of H-pyrrole nitrogens is 1. The lowest BCUT2D eigenvalue weighted by atomic mass is 10.2. The van der Waals surface area contributed by atoms with Crippen LogP contribution in [0.15, 0.2) is 15.8 Å². The van der Waals surface area contributed by atoms with Crippen molar-refractivity contribution in [2.24, 2.45) is 0 Å². The molecule has 1 saturated heterocycles. The summed E-state index contributed by atoms with van der Waals surface area (Å²) >= 11 is 0. The Balaban J connectivity index is 1.94. The van der Waals surface area contributed by atoms with Gasteiger partial charge in [0.2, 0.25) is 0 Å². The largest absolute Gasteiger partial charge is 0.747 e. The van der Waals surface area contributed by atoms with Crippen molar-refractivity contribution in [3.8, 4) is 0 Å². The van der Waals surface area contributed by atoms with Crippen LogP contribution < -0.4 is 11.2 Å². The van der Waals surface area contributed by atoms with E-state index < -0.39 is 40.1 Å². The van der Waals surface area contributed by atoms with Gasteiger partial charge in [-0.15, -0.1) is 9.42 Å². The Morgan fingerprint density at radius 1 is 1.45 bits per heavy atom. The summed E-state index contributed by atoms with van der Waals surface area (Å²) in [6.45, 7) is 1.47. The summed E-state index contributed by atoms with van der Waals surface area (Å²) in [5.74, 6) is 0. The number of nitrogens with zero attached hydrogens (tertiary/aromatic N) is 1. The molecule has 120 valence electrons. The molecule has 1 aromatic rings. The van der Waals surface area contributed by atoms with E-state index in [-0.39, 0.29) is 6.61 Å². The molecular formula is C10H14N2O8P2+2. The summed E-state index contributed by atoms with van der Waals surface area (Å²) in [5, 5.41) is 0. The zero-order chi connectivity index (χ0) is 16.3. The molecule has 10 nitrogen and oxygen atoms in total. The van der Waals surface area contributed by atoms with Gasteiger partial charge in [-0.3, -0.25) is 14.3 Å². The van der Waals surface area contributed by atoms with Crippen LogP contribution >= 0.6 is 16.5 Å². The Kier molecular flexibility index (Phi) is 5.69. The molecule has 22 heavy (non-hydrogen) atoms. The zero-order valence-corrected chi connectivity index (χ0v) is 13.3. The van der Waals surface area contributed by atoms with Gasteiger partial charge in [0, 0.05) is 20.9 Å². The predicted molar refractivity (Wildman–Crippen MR) is 73.7 cm³/mol. The summed E-state index contributed by atoms with van der Waals surface area (Å²) in [6, 6.07) is 0. The molecule has 0 amide bonds. The van der Waals surface area contributed by atoms with Crippen molar-refractivity contribution in [3.05, 3.63) is 32.6 Å². The lowest BCUT2D eigenvalue weighted by molar-refractivity contribution is -0.0202. The lowest BCUT2D eigenvalue weighted by Crippen LogP contribution is -2.33. The van der Waals surface area contributed by atoms with E-state index >= 15 is 0 Å². The fourth-order valence-electron chi connectivity index (χ4n) is 2.04. The number of aromatic nitrogens is 2. The fourth-order valence-corrected chi connectivity index (χ4v) is 2.97. The number of ether oxygens (including phenoxy) is 1. The summed E-state index contributed by atoms with van der Waals surface area (Å²) in [5.41, 5.74) is -0.647. The first-order valence-electron chi connectivity index (χ1n) is 6.28. The highest BCUT2D eigenvalue weighted by molar-refractivity contribution is 7.47. The van der Waals surface area contributed by atoms with Crippen LogP contribution in [-0.2, 0) is 22.7 Å². The topological polar surface area (TPSA) is 137 Å². The number of aromatic amines is 1. The van der Waals surface area contributed by atoms with Crippen LogP contribution in [0.5, 0.6) is 0 Å². The molecule has 2 N–H and O–H groups in total. The molecule has 1 aromatic heterocycles. The molecule has 0 aromatic carbocycles. The van der Waals surface area contributed by atoms with Gasteiger partial charge < -0.3 is 4.74 Å². The molecule has 1 aliphatic rings. The lowest BCUT2D eigenvalue weighted by Gasteiger charge is -2.14. The Morgan fingerprint density at radius 2 is 2.18 bits per heavy atom. The first-order chi connectivity index (χ1) is 10.4. The number of hydrogen-bond donors (Lipinski definition) is 2. The quantitative estimate of drug-likeness (QED) is 0.719. The zero-order valence-electron chi connectivity index (χ0n) is 11.5. The fraction of sp³-hybridized carbons (Fsp3) is 0.600. The molecule has 0 spiro atoms. The van der Waals surface area contributed by atoms with E-state index in [1.165, 1.54) is 10.8 Å². The average molecular weight is 352 g/mol. The van der Waals surface area contributed by atoms with Crippen LogP contribution in [0.3, 0.4) is 0 Å². The summed E-state index contributed by atoms with van der Waals surface area (Å²) in [4.78, 5) is 33.7. The van der Waals surface area contributed by atoms with Crippen LogP contribution in [0, 0.1) is 6.92 Å². The third-order valence-electron chi connectivity index (χ3n) is 3.04. The summed E-state index contributed by atoms with van der Waals surface area (Å²) in [6.07, 6.45) is 1.44. The van der Waals surface area contributed by atoms with Crippen molar-refractivity contribution in [3.63, 3.8) is 0 Å². The van der Waals surface area contributed by atoms with Gasteiger partial charge >= 0.3 is 22.2 Å². The van der Waals surface area contributed by atoms with Crippen LogP contribution in [0.25, 0.3) is 0 Å². The molecule has 4 atom stereocenters. The van der Waals surface area contributed by atoms with Crippen LogP contribution in [0.1, 0.15) is 24.6 Å². The second-order valence-corrected chi connectivity index (χ2v) is 6.44. The maximum absolute atomic E-state index is 11.7. The van der Waals surface area contributed by atoms with Crippen LogP contribution in [-0.4, -0.2) is 27.2 Å². The van der Waals surface area contributed by atoms with E-state index in [1.807, 2.05) is 0 Å². The van der Waals surface area contributed by atoms with Crippen molar-refractivity contribution in [2.75, 3.05) is 6.61 Å². The van der Waals surface area contributed by atoms with Gasteiger partial charge in [0.05, 0.1) is 6.10 Å². The van der Waals surface area contributed by atoms with E-state index in [0.29, 0.717) is 18.4 Å². The standard InChI is InChI=1S/C10H12N2O8P2/c1-6-4-12(10(14)11-9(6)13)8-3-2-7(19-8)5-18-22(17)20-21(15)16/h4,7-8H,2-3,5H2,1H3/p+2/t7-,8+/m0/s1. The minimum absolute atomic E-state index is 0.105. The maximum atomic E-state index is 11.7. The average Bonchev–Trinajstić information content (AvgIpc) is 2.88. The first kappa shape index (κ1) is 17.1. The van der Waals surface area contributed by atoms with Crippen LogP contribution in [0.2, 0.25) is 0 Å². The highest BCUT2D eigenvalue weighted by atomic mass is 31.2. The second-order valence-electron chi connectivity index (χ2n) is 4.61. The second kappa shape index (κ2) is 7.32. The number of nitrogens with one attached hydrogen (secondary N) is 1. The minimum atomic E-state index is -3.00. The Bertz CT molecular complexity index is 699. The monoisotopic (exact) mass is 352 g/mol. The molecule has 0 bridgehead atoms. The normalized spacial score (nSPS) is 22.6. The molecule has 2 heterocycles. The Morgan fingerprint density at radius 3 is 2.86 bits per heavy atom. The van der Waals surface area contributed by atoms with E-state index in [1.54, 1.807) is 6.92 Å². The van der Waals surface area contributed by atoms with Crippen molar-refractivity contribution >= 4 is 16.5 Å². The molecule has 0 saturated carbocycles. The van der Waals surface area contributed by atoms with Crippen molar-refractivity contribution in [2.45, 2.75) is 32.1 Å². The molecule has 2 rings (SSSR count). The van der Waals surface area contributed by atoms with Gasteiger partial charge in [0.1, 0.15) is 12.8 Å². The van der Waals surface area contributed by atoms with Gasteiger partial charge in [0.15, 0.2) is 4.31 Å². The molecule has 1 aliphatic heterocycles.